The molecule has 0 saturated carbocycles. The number of carbonyl (C=O) groups excluding carboxylic acids is 1. The summed E-state index contributed by atoms with van der Waals surface area (Å²) in [6.45, 7) is 2.08. The molecule has 0 heterocycles. The van der Waals surface area contributed by atoms with Gasteiger partial charge in [-0.2, -0.15) is 0 Å². The molecule has 1 radical (unpaired) electrons. The minimum absolute atomic E-state index is 0.0932. The second kappa shape index (κ2) is 6.25. The molecule has 0 bridgehead atoms. The first-order valence-electron chi connectivity index (χ1n) is 5.00. The molecule has 73 valence electrons. The summed E-state index contributed by atoms with van der Waals surface area (Å²) in [7, 11) is 1.75. The Labute approximate surface area is 86.0 Å². The van der Waals surface area contributed by atoms with Crippen LogP contribution < -0.4 is 10.7 Å². The van der Waals surface area contributed by atoms with E-state index in [1.54, 1.807) is 7.41 Å². The van der Waals surface area contributed by atoms with E-state index >= 15 is 0 Å². The largest absolute Gasteiger partial charge is 0.398 e. The first kappa shape index (κ1) is 10.8. The molecule has 14 heavy (non-hydrogen) atoms. The molecule has 0 aliphatic rings. The molecule has 0 fully saturated rings. The highest BCUT2D eigenvalue weighted by Gasteiger charge is 2.01. The monoisotopic (exact) mass is 188 g/mol. The zero-order chi connectivity index (χ0) is 10.2. The van der Waals surface area contributed by atoms with Crippen LogP contribution in [0.25, 0.3) is 0 Å². The fraction of sp³-hybridized carbons (Fsp3) is 0.364. The third-order valence-electron chi connectivity index (χ3n) is 1.96. The van der Waals surface area contributed by atoms with Crippen molar-refractivity contribution in [2.75, 3.05) is 0 Å². The minimum atomic E-state index is 0.0932. The normalized spacial score (nSPS) is 9.50. The summed E-state index contributed by atoms with van der Waals surface area (Å²) >= 11 is 0. The fourth-order valence-corrected chi connectivity index (χ4v) is 1.12. The lowest BCUT2D eigenvalue weighted by molar-refractivity contribution is -0.119. The van der Waals surface area contributed by atoms with Crippen LogP contribution in [0.3, 0.4) is 0 Å². The summed E-state index contributed by atoms with van der Waals surface area (Å²) < 4.78 is 0. The average Bonchev–Trinajstić information content (AvgIpc) is 2.25. The van der Waals surface area contributed by atoms with Gasteiger partial charge < -0.3 is 5.23 Å². The minimum Gasteiger partial charge on any atom is -0.398 e. The maximum atomic E-state index is 11.2. The van der Waals surface area contributed by atoms with Crippen LogP contribution in [0.2, 0.25) is 0 Å². The Balaban J connectivity index is 2.24. The molecule has 1 aromatic rings. The molecule has 0 aromatic heterocycles. The lowest BCUT2D eigenvalue weighted by atomic mass is 9.83. The summed E-state index contributed by atoms with van der Waals surface area (Å²) in [6.07, 6.45) is 2.62. The van der Waals surface area contributed by atoms with E-state index < -0.39 is 0 Å². The van der Waals surface area contributed by atoms with Crippen molar-refractivity contribution < 1.29 is 4.79 Å². The van der Waals surface area contributed by atoms with Gasteiger partial charge in [0.05, 0.1) is 0 Å². The third kappa shape index (κ3) is 4.12. The van der Waals surface area contributed by atoms with Crippen LogP contribution in [-0.2, 0) is 4.79 Å². The van der Waals surface area contributed by atoms with E-state index in [9.17, 15) is 4.79 Å². The van der Waals surface area contributed by atoms with Crippen molar-refractivity contribution in [3.8, 4) is 0 Å². The number of amides is 1. The zero-order valence-corrected chi connectivity index (χ0v) is 8.49. The highest BCUT2D eigenvalue weighted by molar-refractivity contribution is 6.53. The predicted molar refractivity (Wildman–Crippen MR) is 59.5 cm³/mol. The Hall–Kier alpha value is -1.25. The van der Waals surface area contributed by atoms with Gasteiger partial charge in [-0.1, -0.05) is 49.1 Å². The first-order chi connectivity index (χ1) is 6.83. The van der Waals surface area contributed by atoms with Crippen molar-refractivity contribution in [2.24, 2.45) is 0 Å². The third-order valence-corrected chi connectivity index (χ3v) is 1.96. The maximum Gasteiger partial charge on any atom is 0.284 e. The molecule has 1 N–H and O–H groups in total. The van der Waals surface area contributed by atoms with Gasteiger partial charge in [-0.25, -0.2) is 0 Å². The van der Waals surface area contributed by atoms with Crippen LogP contribution in [0.1, 0.15) is 26.2 Å². The molecule has 3 heteroatoms. The lowest BCUT2D eigenvalue weighted by Gasteiger charge is -2.02. The van der Waals surface area contributed by atoms with Crippen LogP contribution in [0, 0.1) is 0 Å². The molecule has 1 aromatic carbocycles. The maximum absolute atomic E-state index is 11.2. The van der Waals surface area contributed by atoms with Gasteiger partial charge in [-0.15, -0.1) is 0 Å². The highest BCUT2D eigenvalue weighted by atomic mass is 16.1. The van der Waals surface area contributed by atoms with Crippen LogP contribution in [0.15, 0.2) is 30.3 Å². The number of nitrogens with one attached hydrogen (secondary N) is 1. The van der Waals surface area contributed by atoms with Gasteiger partial charge in [0, 0.05) is 6.42 Å². The number of hydrogen-bond donors (Lipinski definition) is 1. The Bertz CT molecular complexity index is 274. The van der Waals surface area contributed by atoms with E-state index in [0.29, 0.717) is 6.42 Å². The van der Waals surface area contributed by atoms with E-state index in [2.05, 4.69) is 12.2 Å². The Morgan fingerprint density at radius 2 is 2.07 bits per heavy atom. The topological polar surface area (TPSA) is 29.1 Å². The van der Waals surface area contributed by atoms with Crippen molar-refractivity contribution in [1.29, 1.82) is 0 Å². The zero-order valence-electron chi connectivity index (χ0n) is 8.49. The summed E-state index contributed by atoms with van der Waals surface area (Å²) in [6, 6.07) is 9.77. The molecule has 0 saturated heterocycles. The number of rotatable bonds is 5. The van der Waals surface area contributed by atoms with Gasteiger partial charge in [-0.3, -0.25) is 4.79 Å². The van der Waals surface area contributed by atoms with Crippen molar-refractivity contribution in [3.05, 3.63) is 30.3 Å². The second-order valence-corrected chi connectivity index (χ2v) is 3.23. The predicted octanol–water partition coefficient (Wildman–Crippen LogP) is 1.24. The van der Waals surface area contributed by atoms with Crippen molar-refractivity contribution in [2.45, 2.75) is 26.2 Å². The average molecular weight is 188 g/mol. The van der Waals surface area contributed by atoms with Gasteiger partial charge in [0.1, 0.15) is 0 Å². The summed E-state index contributed by atoms with van der Waals surface area (Å²) in [4.78, 5) is 11.2. The molecule has 0 atom stereocenters. The van der Waals surface area contributed by atoms with Crippen LogP contribution in [0.4, 0.5) is 0 Å². The number of benzene rings is 1. The molecular weight excluding hydrogens is 173 g/mol. The molecule has 0 aliphatic heterocycles. The Morgan fingerprint density at radius 1 is 1.36 bits per heavy atom. The van der Waals surface area contributed by atoms with E-state index in [0.717, 1.165) is 18.3 Å². The Morgan fingerprint density at radius 3 is 2.71 bits per heavy atom. The SMILES string of the molecule is CCCCC(=O)N[B]c1ccccc1. The highest BCUT2D eigenvalue weighted by Crippen LogP contribution is 1.92. The lowest BCUT2D eigenvalue weighted by Crippen LogP contribution is -2.35. The Kier molecular flexibility index (Phi) is 4.83. The fourth-order valence-electron chi connectivity index (χ4n) is 1.12. The van der Waals surface area contributed by atoms with Crippen LogP contribution in [0.5, 0.6) is 0 Å². The van der Waals surface area contributed by atoms with Crippen LogP contribution >= 0.6 is 0 Å². The van der Waals surface area contributed by atoms with Crippen molar-refractivity contribution in [1.82, 2.24) is 5.23 Å². The van der Waals surface area contributed by atoms with Crippen LogP contribution in [-0.4, -0.2) is 13.3 Å². The van der Waals surface area contributed by atoms with E-state index in [1.165, 1.54) is 0 Å². The van der Waals surface area contributed by atoms with Gasteiger partial charge in [0.15, 0.2) is 0 Å². The quantitative estimate of drug-likeness (QED) is 0.692. The number of unbranched alkanes of at least 4 members (excludes halogenated alkanes) is 1. The molecular formula is C11H15BNO. The van der Waals surface area contributed by atoms with Gasteiger partial charge in [-0.05, 0) is 6.42 Å². The first-order valence-corrected chi connectivity index (χ1v) is 5.00. The van der Waals surface area contributed by atoms with Gasteiger partial charge >= 0.3 is 0 Å². The van der Waals surface area contributed by atoms with Crippen molar-refractivity contribution in [3.63, 3.8) is 0 Å². The van der Waals surface area contributed by atoms with E-state index in [4.69, 9.17) is 0 Å². The molecule has 1 amide bonds. The van der Waals surface area contributed by atoms with E-state index in [-0.39, 0.29) is 5.91 Å². The summed E-state index contributed by atoms with van der Waals surface area (Å²) in [5, 5.41) is 2.77. The van der Waals surface area contributed by atoms with E-state index in [1.807, 2.05) is 30.3 Å². The number of carbonyl (C=O) groups is 1. The molecule has 0 unspecified atom stereocenters. The smallest absolute Gasteiger partial charge is 0.284 e. The molecule has 0 spiro atoms. The second-order valence-electron chi connectivity index (χ2n) is 3.23. The number of hydrogen-bond acceptors (Lipinski definition) is 1. The standard InChI is InChI=1S/C11H15BNO/c1-2-3-9-11(14)13-12-10-7-5-4-6-8-10/h4-8H,2-3,9H2,1H3,(H,13,14). The molecule has 0 aliphatic carbocycles. The molecule has 2 nitrogen and oxygen atoms in total. The van der Waals surface area contributed by atoms with Gasteiger partial charge in [0.2, 0.25) is 5.91 Å². The summed E-state index contributed by atoms with van der Waals surface area (Å²) in [5.41, 5.74) is 1.03. The summed E-state index contributed by atoms with van der Waals surface area (Å²) in [5.74, 6) is 0.0932. The molecule has 1 rings (SSSR count). The van der Waals surface area contributed by atoms with Gasteiger partial charge in [0.25, 0.3) is 7.41 Å². The van der Waals surface area contributed by atoms with Crippen molar-refractivity contribution >= 4 is 18.8 Å².